The molecule has 122 valence electrons. The number of nitrogens with one attached hydrogen (secondary N) is 1. The fourth-order valence-corrected chi connectivity index (χ4v) is 3.91. The summed E-state index contributed by atoms with van der Waals surface area (Å²) < 4.78 is 0. The van der Waals surface area contributed by atoms with Gasteiger partial charge in [0.15, 0.2) is 0 Å². The van der Waals surface area contributed by atoms with Crippen molar-refractivity contribution in [3.8, 4) is 0 Å². The SMILES string of the molecule is CC(C)CN1CC(NCC2CCCCC2)CC(C(=O)O)C1. The van der Waals surface area contributed by atoms with Gasteiger partial charge in [-0.15, -0.1) is 0 Å². The van der Waals surface area contributed by atoms with Crippen LogP contribution in [0.4, 0.5) is 0 Å². The van der Waals surface area contributed by atoms with E-state index in [1.807, 2.05) is 0 Å². The second-order valence-corrected chi connectivity index (χ2v) is 7.49. The van der Waals surface area contributed by atoms with Crippen LogP contribution in [0.25, 0.3) is 0 Å². The van der Waals surface area contributed by atoms with E-state index in [4.69, 9.17) is 0 Å². The molecule has 4 heteroatoms. The molecule has 1 aliphatic carbocycles. The number of piperidine rings is 1. The Morgan fingerprint density at radius 3 is 2.57 bits per heavy atom. The molecule has 2 N–H and O–H groups in total. The standard InChI is InChI=1S/C17H32N2O2/c1-13(2)10-19-11-15(17(20)21)8-16(12-19)18-9-14-6-4-3-5-7-14/h13-16,18H,3-12H2,1-2H3,(H,20,21). The zero-order chi connectivity index (χ0) is 15.2. The molecule has 1 saturated carbocycles. The second kappa shape index (κ2) is 8.14. The van der Waals surface area contributed by atoms with Crippen LogP contribution in [0.3, 0.4) is 0 Å². The van der Waals surface area contributed by atoms with E-state index in [1.165, 1.54) is 32.1 Å². The minimum Gasteiger partial charge on any atom is -0.481 e. The molecule has 2 rings (SSSR count). The van der Waals surface area contributed by atoms with E-state index < -0.39 is 5.97 Å². The lowest BCUT2D eigenvalue weighted by Gasteiger charge is -2.38. The highest BCUT2D eigenvalue weighted by Crippen LogP contribution is 2.24. The molecule has 21 heavy (non-hydrogen) atoms. The first-order valence-corrected chi connectivity index (χ1v) is 8.73. The molecule has 0 bridgehead atoms. The Morgan fingerprint density at radius 2 is 1.95 bits per heavy atom. The smallest absolute Gasteiger partial charge is 0.307 e. The van der Waals surface area contributed by atoms with Crippen LogP contribution in [-0.2, 0) is 4.79 Å². The zero-order valence-electron chi connectivity index (χ0n) is 13.7. The Bertz CT molecular complexity index is 327. The molecule has 2 aliphatic rings. The topological polar surface area (TPSA) is 52.6 Å². The Labute approximate surface area is 129 Å². The van der Waals surface area contributed by atoms with Crippen molar-refractivity contribution >= 4 is 5.97 Å². The minimum atomic E-state index is -0.632. The molecule has 2 fully saturated rings. The van der Waals surface area contributed by atoms with E-state index in [2.05, 4.69) is 24.1 Å². The van der Waals surface area contributed by atoms with Crippen molar-refractivity contribution in [2.75, 3.05) is 26.2 Å². The van der Waals surface area contributed by atoms with Crippen LogP contribution >= 0.6 is 0 Å². The molecule has 1 saturated heterocycles. The molecule has 2 unspecified atom stereocenters. The van der Waals surface area contributed by atoms with E-state index in [-0.39, 0.29) is 5.92 Å². The number of hydrogen-bond donors (Lipinski definition) is 2. The molecular weight excluding hydrogens is 264 g/mol. The van der Waals surface area contributed by atoms with E-state index in [0.29, 0.717) is 12.0 Å². The summed E-state index contributed by atoms with van der Waals surface area (Å²) in [6, 6.07) is 0.348. The van der Waals surface area contributed by atoms with Crippen LogP contribution in [-0.4, -0.2) is 48.2 Å². The highest BCUT2D eigenvalue weighted by atomic mass is 16.4. The van der Waals surface area contributed by atoms with Gasteiger partial charge in [0.2, 0.25) is 0 Å². The zero-order valence-corrected chi connectivity index (χ0v) is 13.7. The number of hydrogen-bond acceptors (Lipinski definition) is 3. The highest BCUT2D eigenvalue weighted by Gasteiger charge is 2.31. The third-order valence-corrected chi connectivity index (χ3v) is 4.92. The maximum Gasteiger partial charge on any atom is 0.307 e. The van der Waals surface area contributed by atoms with Crippen LogP contribution in [0.2, 0.25) is 0 Å². The average Bonchev–Trinajstić information content (AvgIpc) is 2.45. The molecule has 0 radical (unpaired) electrons. The first kappa shape index (κ1) is 16.8. The van der Waals surface area contributed by atoms with Gasteiger partial charge in [-0.25, -0.2) is 0 Å². The number of carbonyl (C=O) groups is 1. The summed E-state index contributed by atoms with van der Waals surface area (Å²) in [5.74, 6) is 0.563. The molecular formula is C17H32N2O2. The van der Waals surface area contributed by atoms with Crippen molar-refractivity contribution in [1.29, 1.82) is 0 Å². The van der Waals surface area contributed by atoms with Gasteiger partial charge in [-0.3, -0.25) is 4.79 Å². The monoisotopic (exact) mass is 296 g/mol. The summed E-state index contributed by atoms with van der Waals surface area (Å²) in [4.78, 5) is 13.7. The summed E-state index contributed by atoms with van der Waals surface area (Å²) in [5.41, 5.74) is 0. The average molecular weight is 296 g/mol. The van der Waals surface area contributed by atoms with Gasteiger partial charge >= 0.3 is 5.97 Å². The number of carboxylic acids is 1. The normalized spacial score (nSPS) is 28.9. The van der Waals surface area contributed by atoms with Gasteiger partial charge in [0.25, 0.3) is 0 Å². The van der Waals surface area contributed by atoms with Gasteiger partial charge in [-0.1, -0.05) is 33.1 Å². The largest absolute Gasteiger partial charge is 0.481 e. The Morgan fingerprint density at radius 1 is 1.24 bits per heavy atom. The van der Waals surface area contributed by atoms with Gasteiger partial charge in [-0.05, 0) is 37.6 Å². The van der Waals surface area contributed by atoms with Crippen molar-refractivity contribution in [1.82, 2.24) is 10.2 Å². The fraction of sp³-hybridized carbons (Fsp3) is 0.941. The highest BCUT2D eigenvalue weighted by molar-refractivity contribution is 5.70. The number of aliphatic carboxylic acids is 1. The van der Waals surface area contributed by atoms with Crippen LogP contribution < -0.4 is 5.32 Å². The third kappa shape index (κ3) is 5.59. The lowest BCUT2D eigenvalue weighted by molar-refractivity contribution is -0.144. The summed E-state index contributed by atoms with van der Waals surface area (Å²) in [6.45, 7) is 8.21. The molecule has 1 heterocycles. The number of carboxylic acid groups (broad SMARTS) is 1. The number of likely N-dealkylation sites (tertiary alicyclic amines) is 1. The van der Waals surface area contributed by atoms with Gasteiger partial charge in [-0.2, -0.15) is 0 Å². The van der Waals surface area contributed by atoms with Crippen LogP contribution in [0.5, 0.6) is 0 Å². The van der Waals surface area contributed by atoms with Crippen LogP contribution in [0.1, 0.15) is 52.4 Å². The Balaban J connectivity index is 1.82. The van der Waals surface area contributed by atoms with Crippen molar-refractivity contribution in [3.63, 3.8) is 0 Å². The van der Waals surface area contributed by atoms with E-state index in [9.17, 15) is 9.90 Å². The molecule has 1 aliphatic heterocycles. The first-order chi connectivity index (χ1) is 10.0. The number of rotatable bonds is 6. The molecule has 0 aromatic heterocycles. The van der Waals surface area contributed by atoms with Gasteiger partial charge in [0.05, 0.1) is 5.92 Å². The van der Waals surface area contributed by atoms with Crippen LogP contribution in [0, 0.1) is 17.8 Å². The van der Waals surface area contributed by atoms with Gasteiger partial charge in [0.1, 0.15) is 0 Å². The van der Waals surface area contributed by atoms with Gasteiger partial charge in [0, 0.05) is 25.7 Å². The maximum absolute atomic E-state index is 11.4. The van der Waals surface area contributed by atoms with Crippen molar-refractivity contribution in [2.45, 2.75) is 58.4 Å². The minimum absolute atomic E-state index is 0.207. The van der Waals surface area contributed by atoms with Crippen molar-refractivity contribution < 1.29 is 9.90 Å². The summed E-state index contributed by atoms with van der Waals surface area (Å²) in [5, 5.41) is 13.0. The fourth-order valence-electron chi connectivity index (χ4n) is 3.91. The van der Waals surface area contributed by atoms with Crippen LogP contribution in [0.15, 0.2) is 0 Å². The van der Waals surface area contributed by atoms with Gasteiger partial charge < -0.3 is 15.3 Å². The first-order valence-electron chi connectivity index (χ1n) is 8.73. The summed E-state index contributed by atoms with van der Waals surface area (Å²) in [6.07, 6.45) is 7.61. The lowest BCUT2D eigenvalue weighted by Crippen LogP contribution is -2.52. The molecule has 0 spiro atoms. The molecule has 0 aromatic carbocycles. The summed E-state index contributed by atoms with van der Waals surface area (Å²) >= 11 is 0. The number of nitrogens with zero attached hydrogens (tertiary/aromatic N) is 1. The third-order valence-electron chi connectivity index (χ3n) is 4.92. The Hall–Kier alpha value is -0.610. The Kier molecular flexibility index (Phi) is 6.49. The lowest BCUT2D eigenvalue weighted by atomic mass is 9.88. The van der Waals surface area contributed by atoms with E-state index in [1.54, 1.807) is 0 Å². The molecule has 2 atom stereocenters. The van der Waals surface area contributed by atoms with E-state index >= 15 is 0 Å². The molecule has 4 nitrogen and oxygen atoms in total. The quantitative estimate of drug-likeness (QED) is 0.791. The molecule has 0 amide bonds. The maximum atomic E-state index is 11.4. The predicted octanol–water partition coefficient (Wildman–Crippen LogP) is 2.59. The van der Waals surface area contributed by atoms with Crippen molar-refractivity contribution in [3.05, 3.63) is 0 Å². The van der Waals surface area contributed by atoms with Crippen molar-refractivity contribution in [2.24, 2.45) is 17.8 Å². The summed E-state index contributed by atoms with van der Waals surface area (Å²) in [7, 11) is 0. The van der Waals surface area contributed by atoms with E-state index in [0.717, 1.165) is 38.5 Å². The predicted molar refractivity (Wildman–Crippen MR) is 85.4 cm³/mol. The molecule has 0 aromatic rings. The second-order valence-electron chi connectivity index (χ2n) is 7.49.